The van der Waals surface area contributed by atoms with Gasteiger partial charge >= 0.3 is 0 Å². The van der Waals surface area contributed by atoms with Crippen LogP contribution in [0.1, 0.15) is 37.9 Å². The predicted molar refractivity (Wildman–Crippen MR) is 87.9 cm³/mol. The van der Waals surface area contributed by atoms with Gasteiger partial charge < -0.3 is 15.1 Å². The number of aromatic nitrogens is 3. The summed E-state index contributed by atoms with van der Waals surface area (Å²) in [6.45, 7) is 7.60. The molecule has 23 heavy (non-hydrogen) atoms. The van der Waals surface area contributed by atoms with Crippen LogP contribution in [0.5, 0.6) is 0 Å². The monoisotopic (exact) mass is 320 g/mol. The third kappa shape index (κ3) is 4.09. The van der Waals surface area contributed by atoms with Gasteiger partial charge in [0.2, 0.25) is 5.91 Å². The molecule has 2 saturated heterocycles. The highest BCUT2D eigenvalue weighted by atomic mass is 16.2. The molecule has 0 spiro atoms. The summed E-state index contributed by atoms with van der Waals surface area (Å²) in [5, 5.41) is 12.0. The number of piperidine rings is 1. The molecule has 7 nitrogen and oxygen atoms in total. The van der Waals surface area contributed by atoms with Gasteiger partial charge in [-0.3, -0.25) is 4.79 Å². The van der Waals surface area contributed by atoms with Crippen LogP contribution in [0.4, 0.5) is 0 Å². The van der Waals surface area contributed by atoms with Crippen LogP contribution in [0.15, 0.2) is 6.20 Å². The van der Waals surface area contributed by atoms with E-state index >= 15 is 0 Å². The van der Waals surface area contributed by atoms with E-state index in [-0.39, 0.29) is 0 Å². The summed E-state index contributed by atoms with van der Waals surface area (Å²) in [5.74, 6) is 0.731. The van der Waals surface area contributed by atoms with Crippen molar-refractivity contribution in [2.45, 2.75) is 38.8 Å². The quantitative estimate of drug-likeness (QED) is 0.827. The molecule has 1 aromatic rings. The Kier molecular flexibility index (Phi) is 5.27. The zero-order valence-electron chi connectivity index (χ0n) is 14.2. The SMILES string of the molecule is CCN1C[C@@H](CN(C)Cc2cn(C3CCNCC3)nn2)CC1=O. The highest BCUT2D eigenvalue weighted by Gasteiger charge is 2.29. The second kappa shape index (κ2) is 7.40. The molecule has 2 aliphatic rings. The fourth-order valence-electron chi connectivity index (χ4n) is 3.70. The minimum absolute atomic E-state index is 0.294. The molecule has 1 atom stereocenters. The molecule has 0 bridgehead atoms. The molecule has 0 radical (unpaired) electrons. The Balaban J connectivity index is 1.49. The Hall–Kier alpha value is -1.47. The minimum Gasteiger partial charge on any atom is -0.343 e. The number of nitrogens with zero attached hydrogens (tertiary/aromatic N) is 5. The molecule has 3 heterocycles. The number of nitrogens with one attached hydrogen (secondary N) is 1. The van der Waals surface area contributed by atoms with Crippen molar-refractivity contribution in [1.82, 2.24) is 30.1 Å². The van der Waals surface area contributed by atoms with Gasteiger partial charge in [-0.15, -0.1) is 5.10 Å². The van der Waals surface area contributed by atoms with Crippen LogP contribution >= 0.6 is 0 Å². The Morgan fingerprint density at radius 1 is 1.39 bits per heavy atom. The van der Waals surface area contributed by atoms with Crippen molar-refractivity contribution in [1.29, 1.82) is 0 Å². The molecule has 1 aromatic heterocycles. The topological polar surface area (TPSA) is 66.3 Å². The van der Waals surface area contributed by atoms with Crippen LogP contribution in [0.25, 0.3) is 0 Å². The molecule has 2 fully saturated rings. The first-order chi connectivity index (χ1) is 11.2. The largest absolute Gasteiger partial charge is 0.343 e. The van der Waals surface area contributed by atoms with Gasteiger partial charge in [-0.2, -0.15) is 0 Å². The van der Waals surface area contributed by atoms with Gasteiger partial charge in [-0.05, 0) is 45.8 Å². The highest BCUT2D eigenvalue weighted by molar-refractivity contribution is 5.78. The van der Waals surface area contributed by atoms with Gasteiger partial charge in [-0.1, -0.05) is 5.21 Å². The Labute approximate surface area is 138 Å². The molecule has 0 aliphatic carbocycles. The number of amides is 1. The molecular formula is C16H28N6O. The predicted octanol–water partition coefficient (Wildman–Crippen LogP) is 0.503. The summed E-state index contributed by atoms with van der Waals surface area (Å²) in [7, 11) is 2.10. The van der Waals surface area contributed by atoms with Gasteiger partial charge in [0.1, 0.15) is 0 Å². The molecule has 0 saturated carbocycles. The van der Waals surface area contributed by atoms with Gasteiger partial charge in [-0.25, -0.2) is 4.68 Å². The lowest BCUT2D eigenvalue weighted by atomic mass is 10.1. The van der Waals surface area contributed by atoms with E-state index in [1.807, 2.05) is 16.5 Å². The van der Waals surface area contributed by atoms with Crippen LogP contribution in [0.2, 0.25) is 0 Å². The standard InChI is InChI=1S/C16H28N6O/c1-3-21-10-13(8-16(21)23)9-20(2)11-14-12-22(19-18-14)15-4-6-17-7-5-15/h12-13,15,17H,3-11H2,1-2H3/t13-/m1/s1. The van der Waals surface area contributed by atoms with Crippen molar-refractivity contribution in [3.05, 3.63) is 11.9 Å². The summed E-state index contributed by atoms with van der Waals surface area (Å²) >= 11 is 0. The maximum absolute atomic E-state index is 11.8. The normalized spacial score (nSPS) is 23.2. The van der Waals surface area contributed by atoms with E-state index in [2.05, 4.69) is 33.8 Å². The number of rotatable bonds is 6. The number of hydrogen-bond acceptors (Lipinski definition) is 5. The first kappa shape index (κ1) is 16.4. The second-order valence-corrected chi connectivity index (χ2v) is 6.87. The van der Waals surface area contributed by atoms with Crippen LogP contribution < -0.4 is 5.32 Å². The Bertz CT molecular complexity index is 524. The van der Waals surface area contributed by atoms with Gasteiger partial charge in [0.05, 0.1) is 17.9 Å². The summed E-state index contributed by atoms with van der Waals surface area (Å²) in [6.07, 6.45) is 5.01. The van der Waals surface area contributed by atoms with E-state index in [9.17, 15) is 4.79 Å². The van der Waals surface area contributed by atoms with Crippen LogP contribution in [0, 0.1) is 5.92 Å². The highest BCUT2D eigenvalue weighted by Crippen LogP contribution is 2.20. The van der Waals surface area contributed by atoms with E-state index in [0.717, 1.165) is 57.8 Å². The third-order valence-corrected chi connectivity index (χ3v) is 4.92. The number of hydrogen-bond donors (Lipinski definition) is 1. The average molecular weight is 320 g/mol. The molecular weight excluding hydrogens is 292 g/mol. The molecule has 2 aliphatic heterocycles. The third-order valence-electron chi connectivity index (χ3n) is 4.92. The lowest BCUT2D eigenvalue weighted by Gasteiger charge is -2.22. The average Bonchev–Trinajstić information content (AvgIpc) is 3.14. The number of carbonyl (C=O) groups is 1. The van der Waals surface area contributed by atoms with Crippen molar-refractivity contribution in [2.75, 3.05) is 39.8 Å². The van der Waals surface area contributed by atoms with Crippen LogP contribution in [-0.2, 0) is 11.3 Å². The molecule has 7 heteroatoms. The smallest absolute Gasteiger partial charge is 0.222 e. The second-order valence-electron chi connectivity index (χ2n) is 6.87. The van der Waals surface area contributed by atoms with E-state index in [4.69, 9.17) is 0 Å². The Morgan fingerprint density at radius 3 is 2.87 bits per heavy atom. The fraction of sp³-hybridized carbons (Fsp3) is 0.812. The zero-order valence-corrected chi connectivity index (χ0v) is 14.2. The first-order valence-corrected chi connectivity index (χ1v) is 8.73. The van der Waals surface area contributed by atoms with E-state index in [0.29, 0.717) is 24.3 Å². The fourth-order valence-corrected chi connectivity index (χ4v) is 3.70. The summed E-state index contributed by atoms with van der Waals surface area (Å²) in [6, 6.07) is 0.480. The zero-order chi connectivity index (χ0) is 16.2. The van der Waals surface area contributed by atoms with Gasteiger partial charge in [0.15, 0.2) is 0 Å². The van der Waals surface area contributed by atoms with Crippen molar-refractivity contribution >= 4 is 5.91 Å². The summed E-state index contributed by atoms with van der Waals surface area (Å²) < 4.78 is 2.03. The molecule has 1 N–H and O–H groups in total. The molecule has 0 unspecified atom stereocenters. The molecule has 1 amide bonds. The van der Waals surface area contributed by atoms with E-state index in [1.54, 1.807) is 0 Å². The summed E-state index contributed by atoms with van der Waals surface area (Å²) in [5.41, 5.74) is 1.02. The minimum atomic E-state index is 0.294. The Morgan fingerprint density at radius 2 is 2.17 bits per heavy atom. The molecule has 3 rings (SSSR count). The molecule has 128 valence electrons. The van der Waals surface area contributed by atoms with Crippen LogP contribution in [-0.4, -0.2) is 70.5 Å². The van der Waals surface area contributed by atoms with Gasteiger partial charge in [0, 0.05) is 32.6 Å². The van der Waals surface area contributed by atoms with E-state index in [1.165, 1.54) is 0 Å². The van der Waals surface area contributed by atoms with Gasteiger partial charge in [0.25, 0.3) is 0 Å². The molecule has 0 aromatic carbocycles. The summed E-state index contributed by atoms with van der Waals surface area (Å²) in [4.78, 5) is 16.0. The maximum Gasteiger partial charge on any atom is 0.222 e. The van der Waals surface area contributed by atoms with Crippen molar-refractivity contribution in [3.8, 4) is 0 Å². The lowest BCUT2D eigenvalue weighted by molar-refractivity contribution is -0.127. The van der Waals surface area contributed by atoms with Crippen molar-refractivity contribution < 1.29 is 4.79 Å². The van der Waals surface area contributed by atoms with Crippen molar-refractivity contribution in [3.63, 3.8) is 0 Å². The first-order valence-electron chi connectivity index (χ1n) is 8.73. The lowest BCUT2D eigenvalue weighted by Crippen LogP contribution is -2.29. The number of carbonyl (C=O) groups excluding carboxylic acids is 1. The van der Waals surface area contributed by atoms with Crippen LogP contribution in [0.3, 0.4) is 0 Å². The number of likely N-dealkylation sites (tertiary alicyclic amines) is 1. The maximum atomic E-state index is 11.8. The van der Waals surface area contributed by atoms with E-state index < -0.39 is 0 Å². The van der Waals surface area contributed by atoms with Crippen molar-refractivity contribution in [2.24, 2.45) is 5.92 Å².